The lowest BCUT2D eigenvalue weighted by molar-refractivity contribution is 0.0532. The van der Waals surface area contributed by atoms with Crippen LogP contribution in [-0.4, -0.2) is 28.3 Å². The van der Waals surface area contributed by atoms with E-state index < -0.39 is 5.97 Å². The Morgan fingerprint density at radius 2 is 2.08 bits per heavy atom. The fraction of sp³-hybridized carbons (Fsp3) is 0.125. The first-order chi connectivity index (χ1) is 11.5. The molecule has 0 saturated heterocycles. The summed E-state index contributed by atoms with van der Waals surface area (Å²) in [6.45, 7) is 1.98. The van der Waals surface area contributed by atoms with Crippen molar-refractivity contribution in [3.63, 3.8) is 0 Å². The third-order valence-electron chi connectivity index (χ3n) is 3.19. The van der Waals surface area contributed by atoms with E-state index in [1.807, 2.05) is 0 Å². The van der Waals surface area contributed by atoms with E-state index in [2.05, 4.69) is 9.97 Å². The van der Waals surface area contributed by atoms with Gasteiger partial charge in [0.1, 0.15) is 15.4 Å². The Bertz CT molecular complexity index is 955. The Labute approximate surface area is 146 Å². The molecule has 0 saturated carbocycles. The second kappa shape index (κ2) is 6.54. The second-order valence-corrected chi connectivity index (χ2v) is 6.29. The van der Waals surface area contributed by atoms with Gasteiger partial charge < -0.3 is 10.5 Å². The van der Waals surface area contributed by atoms with E-state index in [-0.39, 0.29) is 24.0 Å². The predicted octanol–water partition coefficient (Wildman–Crippen LogP) is 3.33. The fourth-order valence-electron chi connectivity index (χ4n) is 2.18. The Hall–Kier alpha value is -2.51. The SMILES string of the molecule is CCOC(=O)c1cc2c(C(=O)c3cccc(Cl)c3)nc(N)nc2s1. The topological polar surface area (TPSA) is 95.2 Å². The molecule has 2 aromatic heterocycles. The summed E-state index contributed by atoms with van der Waals surface area (Å²) in [7, 11) is 0. The molecule has 0 radical (unpaired) electrons. The highest BCUT2D eigenvalue weighted by Gasteiger charge is 2.21. The lowest BCUT2D eigenvalue weighted by Gasteiger charge is -2.03. The van der Waals surface area contributed by atoms with E-state index in [1.165, 1.54) is 0 Å². The molecule has 0 unspecified atom stereocenters. The molecule has 122 valence electrons. The molecule has 0 fully saturated rings. The average molecular weight is 362 g/mol. The number of hydrogen-bond acceptors (Lipinski definition) is 7. The highest BCUT2D eigenvalue weighted by molar-refractivity contribution is 7.20. The van der Waals surface area contributed by atoms with Crippen LogP contribution in [0.4, 0.5) is 5.95 Å². The van der Waals surface area contributed by atoms with Crippen LogP contribution in [-0.2, 0) is 4.74 Å². The third-order valence-corrected chi connectivity index (χ3v) is 4.43. The van der Waals surface area contributed by atoms with Crippen molar-refractivity contribution in [1.82, 2.24) is 9.97 Å². The molecule has 0 bridgehead atoms. The molecule has 0 spiro atoms. The van der Waals surface area contributed by atoms with Crippen LogP contribution in [0.2, 0.25) is 5.02 Å². The summed E-state index contributed by atoms with van der Waals surface area (Å²) in [5, 5.41) is 0.902. The minimum absolute atomic E-state index is 0.0369. The third kappa shape index (κ3) is 3.08. The van der Waals surface area contributed by atoms with Crippen molar-refractivity contribution >= 4 is 50.9 Å². The molecular formula is C16H12ClN3O3S. The quantitative estimate of drug-likeness (QED) is 0.565. The molecular weight excluding hydrogens is 350 g/mol. The molecule has 0 amide bonds. The number of carbonyl (C=O) groups excluding carboxylic acids is 2. The van der Waals surface area contributed by atoms with Crippen molar-refractivity contribution in [3.8, 4) is 0 Å². The molecule has 2 N–H and O–H groups in total. The fourth-order valence-corrected chi connectivity index (χ4v) is 3.30. The minimum Gasteiger partial charge on any atom is -0.462 e. The van der Waals surface area contributed by atoms with Gasteiger partial charge in [0.2, 0.25) is 11.7 Å². The Morgan fingerprint density at radius 1 is 1.29 bits per heavy atom. The molecule has 24 heavy (non-hydrogen) atoms. The molecule has 0 aliphatic rings. The van der Waals surface area contributed by atoms with Gasteiger partial charge in [0.05, 0.1) is 6.61 Å². The number of aromatic nitrogens is 2. The zero-order valence-corrected chi connectivity index (χ0v) is 14.1. The zero-order valence-electron chi connectivity index (χ0n) is 12.6. The van der Waals surface area contributed by atoms with E-state index in [0.29, 0.717) is 25.7 Å². The van der Waals surface area contributed by atoms with Crippen molar-refractivity contribution < 1.29 is 14.3 Å². The van der Waals surface area contributed by atoms with Gasteiger partial charge in [-0.2, -0.15) is 0 Å². The standard InChI is InChI=1S/C16H12ClN3O3S/c1-2-23-15(22)11-7-10-12(19-16(18)20-14(10)24-11)13(21)8-4-3-5-9(17)6-8/h3-7H,2H2,1H3,(H2,18,19,20). The Kier molecular flexibility index (Phi) is 4.46. The molecule has 8 heteroatoms. The van der Waals surface area contributed by atoms with Gasteiger partial charge in [-0.15, -0.1) is 11.3 Å². The molecule has 0 aliphatic heterocycles. The maximum Gasteiger partial charge on any atom is 0.348 e. The number of nitrogens with zero attached hydrogens (tertiary/aromatic N) is 2. The van der Waals surface area contributed by atoms with Gasteiger partial charge in [-0.1, -0.05) is 23.7 Å². The van der Waals surface area contributed by atoms with Gasteiger partial charge in [0.15, 0.2) is 0 Å². The highest BCUT2D eigenvalue weighted by atomic mass is 35.5. The zero-order chi connectivity index (χ0) is 17.3. The number of fused-ring (bicyclic) bond motifs is 1. The Morgan fingerprint density at radius 3 is 2.79 bits per heavy atom. The van der Waals surface area contributed by atoms with Crippen molar-refractivity contribution in [3.05, 3.63) is 51.5 Å². The van der Waals surface area contributed by atoms with Crippen molar-refractivity contribution in [1.29, 1.82) is 0 Å². The van der Waals surface area contributed by atoms with E-state index in [1.54, 1.807) is 37.3 Å². The van der Waals surface area contributed by atoms with Crippen LogP contribution in [0.3, 0.4) is 0 Å². The average Bonchev–Trinajstić information content (AvgIpc) is 2.97. The first kappa shape index (κ1) is 16.4. The summed E-state index contributed by atoms with van der Waals surface area (Å²) in [5.74, 6) is -0.852. The molecule has 1 aromatic carbocycles. The molecule has 2 heterocycles. The van der Waals surface area contributed by atoms with Gasteiger partial charge in [-0.05, 0) is 25.1 Å². The normalized spacial score (nSPS) is 10.8. The summed E-state index contributed by atoms with van der Waals surface area (Å²) in [4.78, 5) is 33.6. The van der Waals surface area contributed by atoms with E-state index in [4.69, 9.17) is 22.1 Å². The number of nitrogens with two attached hydrogens (primary N) is 1. The maximum atomic E-state index is 12.8. The van der Waals surface area contributed by atoms with Crippen molar-refractivity contribution in [2.45, 2.75) is 6.92 Å². The van der Waals surface area contributed by atoms with E-state index >= 15 is 0 Å². The number of benzene rings is 1. The van der Waals surface area contributed by atoms with Gasteiger partial charge >= 0.3 is 5.97 Å². The van der Waals surface area contributed by atoms with Crippen LogP contribution in [0.5, 0.6) is 0 Å². The predicted molar refractivity (Wildman–Crippen MR) is 92.7 cm³/mol. The number of ether oxygens (including phenoxy) is 1. The molecule has 3 rings (SSSR count). The van der Waals surface area contributed by atoms with Crippen molar-refractivity contribution in [2.75, 3.05) is 12.3 Å². The number of hydrogen-bond donors (Lipinski definition) is 1. The van der Waals surface area contributed by atoms with Gasteiger partial charge in [0.25, 0.3) is 0 Å². The monoisotopic (exact) mass is 361 g/mol. The highest BCUT2D eigenvalue weighted by Crippen LogP contribution is 2.29. The molecule has 6 nitrogen and oxygen atoms in total. The summed E-state index contributed by atoms with van der Waals surface area (Å²) < 4.78 is 4.98. The van der Waals surface area contributed by atoms with Crippen LogP contribution in [0.15, 0.2) is 30.3 Å². The first-order valence-electron chi connectivity index (χ1n) is 7.04. The number of esters is 1. The van der Waals surface area contributed by atoms with Crippen molar-refractivity contribution in [2.24, 2.45) is 0 Å². The van der Waals surface area contributed by atoms with Crippen LogP contribution in [0, 0.1) is 0 Å². The smallest absolute Gasteiger partial charge is 0.348 e. The molecule has 0 atom stereocenters. The van der Waals surface area contributed by atoms with Gasteiger partial charge in [0, 0.05) is 16.0 Å². The molecule has 3 aromatic rings. The maximum absolute atomic E-state index is 12.8. The number of ketones is 1. The summed E-state index contributed by atoms with van der Waals surface area (Å²) in [5.41, 5.74) is 6.22. The summed E-state index contributed by atoms with van der Waals surface area (Å²) in [6.07, 6.45) is 0. The summed E-state index contributed by atoms with van der Waals surface area (Å²) >= 11 is 7.04. The molecule has 0 aliphatic carbocycles. The van der Waals surface area contributed by atoms with Crippen LogP contribution in [0.25, 0.3) is 10.2 Å². The number of anilines is 1. The van der Waals surface area contributed by atoms with Crippen LogP contribution >= 0.6 is 22.9 Å². The number of thiophene rings is 1. The lowest BCUT2D eigenvalue weighted by Crippen LogP contribution is -2.08. The van der Waals surface area contributed by atoms with Crippen LogP contribution < -0.4 is 5.73 Å². The number of rotatable bonds is 4. The van der Waals surface area contributed by atoms with E-state index in [9.17, 15) is 9.59 Å². The second-order valence-electron chi connectivity index (χ2n) is 4.82. The number of nitrogen functional groups attached to an aromatic ring is 1. The number of halogens is 1. The van der Waals surface area contributed by atoms with Crippen LogP contribution in [0.1, 0.15) is 32.6 Å². The largest absolute Gasteiger partial charge is 0.462 e. The van der Waals surface area contributed by atoms with Gasteiger partial charge in [-0.25, -0.2) is 14.8 Å². The van der Waals surface area contributed by atoms with E-state index in [0.717, 1.165) is 11.3 Å². The first-order valence-corrected chi connectivity index (χ1v) is 8.23. The summed E-state index contributed by atoms with van der Waals surface area (Å²) in [6, 6.07) is 8.08. The van der Waals surface area contributed by atoms with Gasteiger partial charge in [-0.3, -0.25) is 4.79 Å². The number of carbonyl (C=O) groups is 2. The minimum atomic E-state index is -0.472. The Balaban J connectivity index is 2.13. The lowest BCUT2D eigenvalue weighted by atomic mass is 10.1.